The second-order valence-electron chi connectivity index (χ2n) is 15.6. The van der Waals surface area contributed by atoms with Crippen molar-refractivity contribution in [2.45, 2.75) is 85.6 Å². The number of nitrogens with one attached hydrogen (secondary N) is 1. The number of amides is 1. The molecule has 17 heteroatoms. The smallest absolute Gasteiger partial charge is 0.302 e. The number of rotatable bonds is 10. The average molecular weight is 842 g/mol. The number of hydrogen-bond donors (Lipinski definition) is 6. The summed E-state index contributed by atoms with van der Waals surface area (Å²) in [4.78, 5) is 61.3. The zero-order valence-electron chi connectivity index (χ0n) is 35.6. The highest BCUT2D eigenvalue weighted by molar-refractivity contribution is 6.31. The number of allylic oxidation sites excluding steroid dienone is 4. The van der Waals surface area contributed by atoms with Gasteiger partial charge in [0, 0.05) is 81.5 Å². The molecule has 1 aromatic rings. The third-order valence-electron chi connectivity index (χ3n) is 11.3. The lowest BCUT2D eigenvalue weighted by atomic mass is 9.78. The molecule has 9 atom stereocenters. The van der Waals surface area contributed by atoms with Crippen LogP contribution in [0.25, 0.3) is 0 Å². The van der Waals surface area contributed by atoms with Crippen molar-refractivity contribution in [2.24, 2.45) is 28.8 Å². The van der Waals surface area contributed by atoms with E-state index in [2.05, 4.69) is 10.5 Å². The monoisotopic (exact) mass is 841 g/mol. The van der Waals surface area contributed by atoms with Crippen molar-refractivity contribution in [1.29, 1.82) is 0 Å². The maximum absolute atomic E-state index is 14.1. The molecule has 3 heterocycles. The quantitative estimate of drug-likeness (QED) is 0.113. The molecule has 3 aliphatic heterocycles. The molecule has 330 valence electrons. The van der Waals surface area contributed by atoms with Gasteiger partial charge in [0.1, 0.15) is 24.2 Å². The number of esters is 1. The number of ether oxygens (including phenoxy) is 4. The van der Waals surface area contributed by atoms with E-state index in [4.69, 9.17) is 23.8 Å². The van der Waals surface area contributed by atoms with Gasteiger partial charge in [-0.2, -0.15) is 0 Å². The molecule has 0 fully saturated rings. The Morgan fingerprint density at radius 1 is 0.950 bits per heavy atom. The fourth-order valence-electron chi connectivity index (χ4n) is 7.66. The molecule has 5 bridgehead atoms. The van der Waals surface area contributed by atoms with Crippen molar-refractivity contribution >= 4 is 29.2 Å². The number of benzene rings is 1. The van der Waals surface area contributed by atoms with Crippen molar-refractivity contribution in [3.8, 4) is 11.5 Å². The maximum Gasteiger partial charge on any atom is 0.302 e. The van der Waals surface area contributed by atoms with E-state index in [1.807, 2.05) is 0 Å². The molecule has 6 N–H and O–H groups in total. The molecule has 17 nitrogen and oxygen atoms in total. The number of phenolic OH excluding ortho intramolecular Hbond substituents is 1. The van der Waals surface area contributed by atoms with E-state index in [0.29, 0.717) is 0 Å². The Hall–Kier alpha value is -4.91. The first-order valence-corrected chi connectivity index (χ1v) is 19.9. The molecule has 1 aliphatic carbocycles. The normalized spacial score (nSPS) is 31.4. The zero-order chi connectivity index (χ0) is 44.6. The van der Waals surface area contributed by atoms with Crippen LogP contribution in [0.15, 0.2) is 53.1 Å². The van der Waals surface area contributed by atoms with E-state index in [0.717, 1.165) is 6.08 Å². The number of carbonyl (C=O) groups is 4. The average Bonchev–Trinajstić information content (AvgIpc) is 3.49. The first-order chi connectivity index (χ1) is 28.3. The summed E-state index contributed by atoms with van der Waals surface area (Å²) in [5.41, 5.74) is -0.897. The molecule has 0 aromatic heterocycles. The largest absolute Gasteiger partial charge is 0.507 e. The second-order valence-corrected chi connectivity index (χ2v) is 15.6. The number of phenols is 1. The molecule has 1 aromatic carbocycles. The van der Waals surface area contributed by atoms with Gasteiger partial charge in [0.05, 0.1) is 60.2 Å². The summed E-state index contributed by atoms with van der Waals surface area (Å²) < 4.78 is 24.1. The summed E-state index contributed by atoms with van der Waals surface area (Å²) in [5.74, 6) is -7.87. The van der Waals surface area contributed by atoms with E-state index < -0.39 is 88.6 Å². The molecule has 0 saturated carbocycles. The first kappa shape index (κ1) is 47.8. The van der Waals surface area contributed by atoms with Crippen molar-refractivity contribution in [1.82, 2.24) is 10.2 Å². The van der Waals surface area contributed by atoms with Crippen LogP contribution in [0.5, 0.6) is 11.5 Å². The van der Waals surface area contributed by atoms with Gasteiger partial charge in [-0.25, -0.2) is 0 Å². The van der Waals surface area contributed by atoms with Crippen LogP contribution in [0.4, 0.5) is 0 Å². The van der Waals surface area contributed by atoms with Gasteiger partial charge >= 0.3 is 5.97 Å². The van der Waals surface area contributed by atoms with Crippen LogP contribution in [0.3, 0.4) is 0 Å². The number of oxime groups is 1. The number of nitrogens with zero attached hydrogens (tertiary/aromatic N) is 2. The lowest BCUT2D eigenvalue weighted by Gasteiger charge is -2.38. The van der Waals surface area contributed by atoms with Crippen molar-refractivity contribution in [3.63, 3.8) is 0 Å². The molecule has 5 rings (SSSR count). The highest BCUT2D eigenvalue weighted by Gasteiger charge is 2.51. The first-order valence-electron chi connectivity index (χ1n) is 19.9. The fraction of sp³-hybridized carbons (Fsp3) is 0.558. The molecular weight excluding hydrogens is 782 g/mol. The second kappa shape index (κ2) is 20.6. The van der Waals surface area contributed by atoms with Gasteiger partial charge in [-0.05, 0) is 19.9 Å². The van der Waals surface area contributed by atoms with E-state index >= 15 is 0 Å². The highest BCUT2D eigenvalue weighted by Crippen LogP contribution is 2.48. The van der Waals surface area contributed by atoms with Crippen LogP contribution in [0.2, 0.25) is 0 Å². The molecular formula is C43H59N3O14. The topological polar surface area (TPSA) is 243 Å². The zero-order valence-corrected chi connectivity index (χ0v) is 35.6. The molecule has 0 spiro atoms. The van der Waals surface area contributed by atoms with E-state index in [1.165, 1.54) is 53.2 Å². The minimum absolute atomic E-state index is 0.00856. The summed E-state index contributed by atoms with van der Waals surface area (Å²) in [6, 6.07) is 0. The van der Waals surface area contributed by atoms with E-state index in [-0.39, 0.29) is 78.9 Å². The maximum atomic E-state index is 14.1. The van der Waals surface area contributed by atoms with Gasteiger partial charge in [0.25, 0.3) is 11.7 Å². The van der Waals surface area contributed by atoms with Gasteiger partial charge in [0.15, 0.2) is 11.5 Å². The van der Waals surface area contributed by atoms with Crippen molar-refractivity contribution in [2.75, 3.05) is 46.6 Å². The number of hydrogen-bond acceptors (Lipinski definition) is 16. The summed E-state index contributed by atoms with van der Waals surface area (Å²) in [5, 5.41) is 60.0. The van der Waals surface area contributed by atoms with Crippen LogP contribution in [0.1, 0.15) is 80.3 Å². The Bertz CT molecular complexity index is 1930. The van der Waals surface area contributed by atoms with Gasteiger partial charge in [-0.1, -0.05) is 51.1 Å². The summed E-state index contributed by atoms with van der Waals surface area (Å²) >= 11 is 0. The number of Topliss-reactive ketones (excluding diaryl/α,β-unsaturated/α-hetero) is 1. The van der Waals surface area contributed by atoms with Gasteiger partial charge < -0.3 is 54.6 Å². The minimum Gasteiger partial charge on any atom is -0.507 e. The minimum atomic E-state index is -1.87. The highest BCUT2D eigenvalue weighted by atomic mass is 16.7. The van der Waals surface area contributed by atoms with Crippen LogP contribution in [-0.2, 0) is 28.6 Å². The van der Waals surface area contributed by atoms with Crippen LogP contribution in [-0.4, -0.2) is 136 Å². The predicted octanol–water partition coefficient (Wildman–Crippen LogP) is 2.45. The Balaban J connectivity index is 1.89. The molecule has 0 saturated heterocycles. The third-order valence-corrected chi connectivity index (χ3v) is 11.3. The number of ketones is 2. The van der Waals surface area contributed by atoms with Gasteiger partial charge in [0.2, 0.25) is 5.78 Å². The predicted molar refractivity (Wildman–Crippen MR) is 218 cm³/mol. The number of fused-ring (bicyclic) bond motifs is 14. The third kappa shape index (κ3) is 10.3. The van der Waals surface area contributed by atoms with Gasteiger partial charge in [-0.3, -0.25) is 24.1 Å². The Labute approximate surface area is 350 Å². The summed E-state index contributed by atoms with van der Waals surface area (Å²) in [7, 11) is 1.44. The number of methoxy groups -OCH3 is 1. The number of aromatic hydroxyl groups is 1. The Morgan fingerprint density at radius 2 is 1.62 bits per heavy atom. The lowest BCUT2D eigenvalue weighted by molar-refractivity contribution is -0.160. The number of aliphatic hydroxyl groups excluding tert-OH is 4. The molecule has 60 heavy (non-hydrogen) atoms. The Kier molecular flexibility index (Phi) is 16.4. The molecule has 1 amide bonds. The standard InChI is InChI=1S/C43H59N3O14/c1-22-11-10-12-23(2)42(55)44-29-21-30(50)32-33(38(29)54)37(53)27(6)40-34(32)41(45-58-20-16-46(14-17-47)15-18-48)43(8,60-40)57-19-13-31(56-9)24(3)39(59-28(7)49)26(5)36(52)25(4)35(22)51/h10-13,19,21-22,24-26,31,35-36,39,47-48,51-53H,14-18,20H2,1-9H3,(H,44,55)/b11-10+,19-13+,23-12-,45-41-/t22-,24-,25-,26-,31+,35+,36+,39-,43+/m1/s1. The summed E-state index contributed by atoms with van der Waals surface area (Å²) in [6.07, 6.45) is 4.50. The fourth-order valence-corrected chi connectivity index (χ4v) is 7.66. The van der Waals surface area contributed by atoms with E-state index in [1.54, 1.807) is 44.7 Å². The van der Waals surface area contributed by atoms with Crippen LogP contribution in [0, 0.1) is 30.6 Å². The number of carbonyl (C=O) groups excluding carboxylic acids is 4. The molecule has 0 unspecified atom stereocenters. The molecule has 4 aliphatic rings. The van der Waals surface area contributed by atoms with Crippen molar-refractivity contribution < 1.29 is 68.5 Å². The van der Waals surface area contributed by atoms with Gasteiger partial charge in [-0.15, -0.1) is 0 Å². The SMILES string of the molecule is CO[C@H]1/C=C/O[C@@]2(C)Oc3c(C)c(O)c4c(c3/C2=N/OCCN(CCO)CCO)C(=O)C=C(NC(=O)/C(C)=C\C=C\[C@@H](C)[C@H](O)[C@@H](C)[C@H](O)[C@@H](C)[C@H](OC(C)=O)[C@@H]1C)C4=O. The Morgan fingerprint density at radius 3 is 2.23 bits per heavy atom. The lowest BCUT2D eigenvalue weighted by Crippen LogP contribution is -2.46. The van der Waals surface area contributed by atoms with Crippen LogP contribution < -0.4 is 10.1 Å². The van der Waals surface area contributed by atoms with Crippen LogP contribution >= 0.6 is 0 Å². The van der Waals surface area contributed by atoms with E-state index in [9.17, 15) is 44.7 Å². The summed E-state index contributed by atoms with van der Waals surface area (Å²) in [6.45, 7) is 13.0. The molecule has 0 radical (unpaired) electrons. The van der Waals surface area contributed by atoms with Crippen molar-refractivity contribution in [3.05, 3.63) is 70.2 Å². The number of aliphatic hydroxyl groups is 4.